The number of halogens is 1. The zero-order valence-electron chi connectivity index (χ0n) is 11.0. The van der Waals surface area contributed by atoms with Crippen LogP contribution >= 0.6 is 11.6 Å². The van der Waals surface area contributed by atoms with Crippen molar-refractivity contribution in [3.05, 3.63) is 12.4 Å². The third-order valence-electron chi connectivity index (χ3n) is 2.94. The van der Waals surface area contributed by atoms with E-state index < -0.39 is 5.38 Å². The number of rotatable bonds is 5. The van der Waals surface area contributed by atoms with Gasteiger partial charge in [-0.3, -0.25) is 9.48 Å². The van der Waals surface area contributed by atoms with Crippen LogP contribution in [0.25, 0.3) is 0 Å². The number of aromatic nitrogens is 2. The summed E-state index contributed by atoms with van der Waals surface area (Å²) in [6, 6.07) is -0.182. The average molecular weight is 288 g/mol. The van der Waals surface area contributed by atoms with E-state index in [1.165, 1.54) is 0 Å². The zero-order valence-corrected chi connectivity index (χ0v) is 11.8. The maximum Gasteiger partial charge on any atom is 0.238 e. The van der Waals surface area contributed by atoms with Gasteiger partial charge in [-0.05, 0) is 13.8 Å². The Hall–Kier alpha value is -1.27. The first-order valence-corrected chi connectivity index (χ1v) is 6.75. The van der Waals surface area contributed by atoms with E-state index in [9.17, 15) is 4.79 Å². The first-order chi connectivity index (χ1) is 9.10. The summed E-state index contributed by atoms with van der Waals surface area (Å²) in [4.78, 5) is 11.6. The molecular formula is C12H18ClN3O3. The number of amides is 1. The predicted octanol–water partition coefficient (Wildman–Crippen LogP) is 0.793. The molecule has 0 radical (unpaired) electrons. The first kappa shape index (κ1) is 14.1. The molecule has 0 saturated carbocycles. The van der Waals surface area contributed by atoms with Crippen LogP contribution in [0.2, 0.25) is 0 Å². The molecule has 1 N–H and O–H groups in total. The molecular weight excluding hydrogens is 270 g/mol. The van der Waals surface area contributed by atoms with Crippen LogP contribution in [0.4, 0.5) is 0 Å². The molecule has 1 aliphatic heterocycles. The quantitative estimate of drug-likeness (QED) is 0.813. The van der Waals surface area contributed by atoms with Gasteiger partial charge in [-0.25, -0.2) is 0 Å². The van der Waals surface area contributed by atoms with Crippen LogP contribution in [0.1, 0.15) is 13.8 Å². The molecule has 6 nitrogen and oxygen atoms in total. The number of nitrogens with zero attached hydrogens (tertiary/aromatic N) is 2. The summed E-state index contributed by atoms with van der Waals surface area (Å²) >= 11 is 5.73. The monoisotopic (exact) mass is 287 g/mol. The third kappa shape index (κ3) is 3.61. The van der Waals surface area contributed by atoms with Crippen LogP contribution in [-0.2, 0) is 16.1 Å². The molecule has 19 heavy (non-hydrogen) atoms. The molecule has 0 bridgehead atoms. The van der Waals surface area contributed by atoms with Crippen molar-refractivity contribution in [1.29, 1.82) is 0 Å². The number of carbonyl (C=O) groups excluding carboxylic acids is 1. The van der Waals surface area contributed by atoms with Crippen LogP contribution in [0, 0.1) is 0 Å². The summed E-state index contributed by atoms with van der Waals surface area (Å²) in [5.41, 5.74) is 0. The van der Waals surface area contributed by atoms with E-state index >= 15 is 0 Å². The standard InChI is InChI=1S/C12H18ClN3O3/c1-3-16-5-9(4-14-16)19-11-7-18-6-10(11)15-12(17)8(2)13/h4-5,8,10-11H,3,6-7H2,1-2H3,(H,15,17)/t8?,10-,11+/m0/s1. The minimum Gasteiger partial charge on any atom is -0.482 e. The summed E-state index contributed by atoms with van der Waals surface area (Å²) in [6.07, 6.45) is 3.26. The van der Waals surface area contributed by atoms with E-state index in [4.69, 9.17) is 21.1 Å². The molecule has 1 unspecified atom stereocenters. The fourth-order valence-electron chi connectivity index (χ4n) is 1.84. The predicted molar refractivity (Wildman–Crippen MR) is 70.4 cm³/mol. The summed E-state index contributed by atoms with van der Waals surface area (Å²) in [6.45, 7) is 5.30. The maximum atomic E-state index is 11.6. The van der Waals surface area contributed by atoms with Crippen molar-refractivity contribution in [2.24, 2.45) is 0 Å². The van der Waals surface area contributed by atoms with Gasteiger partial charge >= 0.3 is 0 Å². The van der Waals surface area contributed by atoms with Gasteiger partial charge in [-0.1, -0.05) is 0 Å². The van der Waals surface area contributed by atoms with E-state index in [1.807, 2.05) is 13.1 Å². The van der Waals surface area contributed by atoms with Crippen LogP contribution < -0.4 is 10.1 Å². The number of hydrogen-bond donors (Lipinski definition) is 1. The molecule has 7 heteroatoms. The van der Waals surface area contributed by atoms with Crippen LogP contribution in [0.5, 0.6) is 5.75 Å². The van der Waals surface area contributed by atoms with Crippen LogP contribution in [-0.4, -0.2) is 46.4 Å². The molecule has 1 aromatic heterocycles. The van der Waals surface area contributed by atoms with Gasteiger partial charge in [-0.2, -0.15) is 5.10 Å². The van der Waals surface area contributed by atoms with Gasteiger partial charge in [0.1, 0.15) is 11.5 Å². The second kappa shape index (κ2) is 6.25. The summed E-state index contributed by atoms with van der Waals surface area (Å²) in [7, 11) is 0. The molecule has 2 rings (SSSR count). The van der Waals surface area contributed by atoms with Crippen LogP contribution in [0.15, 0.2) is 12.4 Å². The van der Waals surface area contributed by atoms with Crippen molar-refractivity contribution in [3.8, 4) is 5.75 Å². The Kier molecular flexibility index (Phi) is 4.66. The number of carbonyl (C=O) groups is 1. The summed E-state index contributed by atoms with van der Waals surface area (Å²) in [5, 5.41) is 6.39. The topological polar surface area (TPSA) is 65.4 Å². The molecule has 2 heterocycles. The maximum absolute atomic E-state index is 11.6. The molecule has 1 saturated heterocycles. The molecule has 3 atom stereocenters. The Morgan fingerprint density at radius 1 is 1.74 bits per heavy atom. The summed E-state index contributed by atoms with van der Waals surface area (Å²) in [5.74, 6) is 0.463. The molecule has 0 aromatic carbocycles. The van der Waals surface area contributed by atoms with E-state index in [2.05, 4.69) is 10.4 Å². The lowest BCUT2D eigenvalue weighted by Gasteiger charge is -2.20. The smallest absolute Gasteiger partial charge is 0.238 e. The Bertz CT molecular complexity index is 436. The summed E-state index contributed by atoms with van der Waals surface area (Å²) < 4.78 is 12.9. The molecule has 1 aromatic rings. The SMILES string of the molecule is CCn1cc(O[C@@H]2COC[C@@H]2NC(=O)C(C)Cl)cn1. The molecule has 1 aliphatic rings. The minimum absolute atomic E-state index is 0.182. The van der Waals surface area contributed by atoms with E-state index in [-0.39, 0.29) is 18.1 Å². The number of nitrogens with one attached hydrogen (secondary N) is 1. The second-order valence-electron chi connectivity index (χ2n) is 4.46. The van der Waals surface area contributed by atoms with Crippen molar-refractivity contribution in [3.63, 3.8) is 0 Å². The van der Waals surface area contributed by atoms with Gasteiger partial charge in [0.15, 0.2) is 5.75 Å². The second-order valence-corrected chi connectivity index (χ2v) is 5.11. The van der Waals surface area contributed by atoms with Crippen molar-refractivity contribution in [1.82, 2.24) is 15.1 Å². The fourth-order valence-corrected chi connectivity index (χ4v) is 1.90. The van der Waals surface area contributed by atoms with Crippen molar-refractivity contribution in [2.75, 3.05) is 13.2 Å². The van der Waals surface area contributed by atoms with Gasteiger partial charge in [0.25, 0.3) is 0 Å². The van der Waals surface area contributed by atoms with E-state index in [1.54, 1.807) is 17.8 Å². The zero-order chi connectivity index (χ0) is 13.8. The largest absolute Gasteiger partial charge is 0.482 e. The number of alkyl halides is 1. The highest BCUT2D eigenvalue weighted by Crippen LogP contribution is 2.16. The first-order valence-electron chi connectivity index (χ1n) is 6.31. The van der Waals surface area contributed by atoms with Gasteiger partial charge in [0.2, 0.25) is 5.91 Å². The Morgan fingerprint density at radius 2 is 2.53 bits per heavy atom. The number of hydrogen-bond acceptors (Lipinski definition) is 4. The van der Waals surface area contributed by atoms with Crippen molar-refractivity contribution >= 4 is 17.5 Å². The van der Waals surface area contributed by atoms with Gasteiger partial charge < -0.3 is 14.8 Å². The third-order valence-corrected chi connectivity index (χ3v) is 3.14. The minimum atomic E-state index is -0.566. The lowest BCUT2D eigenvalue weighted by atomic mass is 10.2. The Morgan fingerprint density at radius 3 is 3.16 bits per heavy atom. The normalized spacial score (nSPS) is 24.2. The fraction of sp³-hybridized carbons (Fsp3) is 0.667. The molecule has 0 spiro atoms. The van der Waals surface area contributed by atoms with E-state index in [0.717, 1.165) is 6.54 Å². The van der Waals surface area contributed by atoms with Gasteiger partial charge in [-0.15, -0.1) is 11.6 Å². The number of aryl methyl sites for hydroxylation is 1. The number of ether oxygens (including phenoxy) is 2. The highest BCUT2D eigenvalue weighted by Gasteiger charge is 2.32. The Balaban J connectivity index is 1.93. The molecule has 106 valence electrons. The van der Waals surface area contributed by atoms with Crippen molar-refractivity contribution < 1.29 is 14.3 Å². The Labute approximate surface area is 117 Å². The average Bonchev–Trinajstić information content (AvgIpc) is 2.99. The highest BCUT2D eigenvalue weighted by molar-refractivity contribution is 6.30. The van der Waals surface area contributed by atoms with E-state index in [0.29, 0.717) is 19.0 Å². The lowest BCUT2D eigenvalue weighted by Crippen LogP contribution is -2.47. The molecule has 1 fully saturated rings. The van der Waals surface area contributed by atoms with Gasteiger partial charge in [0, 0.05) is 6.54 Å². The molecule has 0 aliphatic carbocycles. The van der Waals surface area contributed by atoms with Gasteiger partial charge in [0.05, 0.1) is 31.6 Å². The lowest BCUT2D eigenvalue weighted by molar-refractivity contribution is -0.121. The van der Waals surface area contributed by atoms with Crippen LogP contribution in [0.3, 0.4) is 0 Å². The van der Waals surface area contributed by atoms with Crippen molar-refractivity contribution in [2.45, 2.75) is 37.9 Å². The highest BCUT2D eigenvalue weighted by atomic mass is 35.5. The molecule has 1 amide bonds.